The van der Waals surface area contributed by atoms with Gasteiger partial charge in [0.1, 0.15) is 5.82 Å². The van der Waals surface area contributed by atoms with E-state index < -0.39 is 17.6 Å². The average Bonchev–Trinajstić information content (AvgIpc) is 2.73. The fourth-order valence-corrected chi connectivity index (χ4v) is 5.29. The molecule has 0 unspecified atom stereocenters. The van der Waals surface area contributed by atoms with Crippen LogP contribution in [-0.2, 0) is 6.18 Å². The Kier molecular flexibility index (Phi) is 8.35. The van der Waals surface area contributed by atoms with Gasteiger partial charge in [-0.05, 0) is 99.2 Å². The quantitative estimate of drug-likeness (QED) is 0.301. The zero-order chi connectivity index (χ0) is 21.6. The third-order valence-corrected chi connectivity index (χ3v) is 7.18. The van der Waals surface area contributed by atoms with Gasteiger partial charge in [-0.25, -0.2) is 4.39 Å². The van der Waals surface area contributed by atoms with E-state index in [1.54, 1.807) is 0 Å². The molecular formula is C25H33F5. The van der Waals surface area contributed by atoms with Gasteiger partial charge in [-0.1, -0.05) is 31.1 Å². The van der Waals surface area contributed by atoms with Crippen LogP contribution in [0.3, 0.4) is 0 Å². The molecular weight excluding hydrogens is 395 g/mol. The molecule has 2 aliphatic carbocycles. The molecule has 0 saturated heterocycles. The van der Waals surface area contributed by atoms with E-state index in [4.69, 9.17) is 0 Å². The lowest BCUT2D eigenvalue weighted by Gasteiger charge is -2.31. The number of rotatable bonds is 7. The molecule has 0 amide bonds. The molecule has 30 heavy (non-hydrogen) atoms. The first-order valence-electron chi connectivity index (χ1n) is 11.5. The van der Waals surface area contributed by atoms with Gasteiger partial charge in [0.05, 0.1) is 12.2 Å². The van der Waals surface area contributed by atoms with Gasteiger partial charge in [-0.2, -0.15) is 13.2 Å². The SMILES string of the molecule is FCCC=CC1CCC(CCC2CCC(c3ccc(C(F)(F)F)c(F)c3)CC2)CC1. The van der Waals surface area contributed by atoms with Crippen molar-refractivity contribution in [1.82, 2.24) is 0 Å². The number of benzene rings is 1. The molecule has 2 saturated carbocycles. The molecule has 0 aliphatic heterocycles. The maximum atomic E-state index is 13.9. The minimum atomic E-state index is -4.63. The third kappa shape index (κ3) is 6.55. The highest BCUT2D eigenvalue weighted by molar-refractivity contribution is 5.29. The summed E-state index contributed by atoms with van der Waals surface area (Å²) < 4.78 is 64.3. The van der Waals surface area contributed by atoms with E-state index in [0.29, 0.717) is 23.8 Å². The van der Waals surface area contributed by atoms with E-state index in [0.717, 1.165) is 43.7 Å². The van der Waals surface area contributed by atoms with Gasteiger partial charge >= 0.3 is 6.18 Å². The van der Waals surface area contributed by atoms with Crippen LogP contribution in [0.25, 0.3) is 0 Å². The van der Waals surface area contributed by atoms with Crippen molar-refractivity contribution in [2.75, 3.05) is 6.67 Å². The van der Waals surface area contributed by atoms with E-state index in [2.05, 4.69) is 6.08 Å². The summed E-state index contributed by atoms with van der Waals surface area (Å²) in [5.74, 6) is 1.11. The number of hydrogen-bond donors (Lipinski definition) is 0. The topological polar surface area (TPSA) is 0 Å². The smallest absolute Gasteiger partial charge is 0.251 e. The van der Waals surface area contributed by atoms with E-state index >= 15 is 0 Å². The zero-order valence-corrected chi connectivity index (χ0v) is 17.6. The molecule has 0 spiro atoms. The summed E-state index contributed by atoms with van der Waals surface area (Å²) >= 11 is 0. The Morgan fingerprint density at radius 3 is 2.00 bits per heavy atom. The predicted molar refractivity (Wildman–Crippen MR) is 111 cm³/mol. The van der Waals surface area contributed by atoms with Crippen molar-refractivity contribution >= 4 is 0 Å². The lowest BCUT2D eigenvalue weighted by molar-refractivity contribution is -0.140. The standard InChI is InChI=1S/C25H33F5/c26-16-2-1-3-18-4-6-19(7-5-18)8-9-20-10-12-21(13-11-20)22-14-15-23(24(27)17-22)25(28,29)30/h1,3,14-15,17-21H,2,4-13,16H2. The number of alkyl halides is 4. The van der Waals surface area contributed by atoms with Crippen molar-refractivity contribution in [1.29, 1.82) is 0 Å². The van der Waals surface area contributed by atoms with E-state index in [1.807, 2.05) is 6.08 Å². The Balaban J connectivity index is 1.39. The average molecular weight is 429 g/mol. The van der Waals surface area contributed by atoms with Crippen LogP contribution in [-0.4, -0.2) is 6.67 Å². The highest BCUT2D eigenvalue weighted by Crippen LogP contribution is 2.41. The fraction of sp³-hybridized carbons (Fsp3) is 0.680. The van der Waals surface area contributed by atoms with Gasteiger partial charge in [0.15, 0.2) is 0 Å². The van der Waals surface area contributed by atoms with Crippen molar-refractivity contribution < 1.29 is 22.0 Å². The fourth-order valence-electron chi connectivity index (χ4n) is 5.29. The Labute approximate surface area is 176 Å². The first-order valence-corrected chi connectivity index (χ1v) is 11.5. The van der Waals surface area contributed by atoms with E-state index in [-0.39, 0.29) is 12.6 Å². The molecule has 2 fully saturated rings. The minimum absolute atomic E-state index is 0.171. The number of allylic oxidation sites excluding steroid dienone is 2. The maximum Gasteiger partial charge on any atom is 0.419 e. The first-order chi connectivity index (χ1) is 14.4. The molecule has 0 N–H and O–H groups in total. The van der Waals surface area contributed by atoms with Crippen molar-refractivity contribution in [3.63, 3.8) is 0 Å². The maximum absolute atomic E-state index is 13.9. The summed E-state index contributed by atoms with van der Waals surface area (Å²) in [7, 11) is 0. The Morgan fingerprint density at radius 1 is 0.867 bits per heavy atom. The lowest BCUT2D eigenvalue weighted by Crippen LogP contribution is -2.17. The van der Waals surface area contributed by atoms with Gasteiger partial charge < -0.3 is 0 Å². The van der Waals surface area contributed by atoms with Crippen LogP contribution in [0, 0.1) is 23.6 Å². The normalized spacial score (nSPS) is 28.2. The molecule has 0 radical (unpaired) electrons. The Bertz CT molecular complexity index is 677. The highest BCUT2D eigenvalue weighted by Gasteiger charge is 2.34. The van der Waals surface area contributed by atoms with Crippen LogP contribution in [0.4, 0.5) is 22.0 Å². The van der Waals surface area contributed by atoms with Crippen LogP contribution < -0.4 is 0 Å². The van der Waals surface area contributed by atoms with Gasteiger partial charge in [-0.3, -0.25) is 4.39 Å². The minimum Gasteiger partial charge on any atom is -0.251 e. The van der Waals surface area contributed by atoms with Crippen molar-refractivity contribution in [3.8, 4) is 0 Å². The van der Waals surface area contributed by atoms with Crippen LogP contribution in [0.5, 0.6) is 0 Å². The van der Waals surface area contributed by atoms with Crippen LogP contribution in [0.15, 0.2) is 30.4 Å². The highest BCUT2D eigenvalue weighted by atomic mass is 19.4. The molecule has 168 valence electrons. The van der Waals surface area contributed by atoms with Gasteiger partial charge in [0.2, 0.25) is 0 Å². The monoisotopic (exact) mass is 428 g/mol. The number of hydrogen-bond acceptors (Lipinski definition) is 0. The molecule has 1 aromatic carbocycles. The summed E-state index contributed by atoms with van der Waals surface area (Å²) in [5, 5.41) is 0. The van der Waals surface area contributed by atoms with Gasteiger partial charge in [0, 0.05) is 0 Å². The summed E-state index contributed by atoms with van der Waals surface area (Å²) in [4.78, 5) is 0. The molecule has 0 aromatic heterocycles. The molecule has 5 heteroatoms. The van der Waals surface area contributed by atoms with Crippen LogP contribution in [0.1, 0.15) is 87.7 Å². The van der Waals surface area contributed by atoms with Gasteiger partial charge in [-0.15, -0.1) is 0 Å². The summed E-state index contributed by atoms with van der Waals surface area (Å²) in [6.07, 6.45) is 11.5. The molecule has 0 atom stereocenters. The Morgan fingerprint density at radius 2 is 1.47 bits per heavy atom. The summed E-state index contributed by atoms with van der Waals surface area (Å²) in [6, 6.07) is 3.44. The van der Waals surface area contributed by atoms with Crippen LogP contribution >= 0.6 is 0 Å². The molecule has 1 aromatic rings. The zero-order valence-electron chi connectivity index (χ0n) is 17.6. The third-order valence-electron chi connectivity index (χ3n) is 7.18. The Hall–Kier alpha value is -1.39. The predicted octanol–water partition coefficient (Wildman–Crippen LogP) is 8.62. The molecule has 0 nitrogen and oxygen atoms in total. The second-order valence-electron chi connectivity index (χ2n) is 9.22. The molecule has 2 aliphatic rings. The van der Waals surface area contributed by atoms with Crippen molar-refractivity contribution in [2.45, 2.75) is 82.7 Å². The molecule has 0 bridgehead atoms. The number of halogens is 5. The lowest BCUT2D eigenvalue weighted by atomic mass is 9.74. The van der Waals surface area contributed by atoms with E-state index in [9.17, 15) is 22.0 Å². The van der Waals surface area contributed by atoms with E-state index in [1.165, 1.54) is 44.6 Å². The molecule has 3 rings (SSSR count). The van der Waals surface area contributed by atoms with Gasteiger partial charge in [0.25, 0.3) is 0 Å². The first kappa shape index (κ1) is 23.3. The largest absolute Gasteiger partial charge is 0.419 e. The van der Waals surface area contributed by atoms with Crippen molar-refractivity contribution in [2.24, 2.45) is 17.8 Å². The summed E-state index contributed by atoms with van der Waals surface area (Å²) in [6.45, 7) is -0.276. The summed E-state index contributed by atoms with van der Waals surface area (Å²) in [5.41, 5.74) is -0.467. The van der Waals surface area contributed by atoms with Crippen LogP contribution in [0.2, 0.25) is 0 Å². The molecule has 0 heterocycles. The second kappa shape index (κ2) is 10.8. The second-order valence-corrected chi connectivity index (χ2v) is 9.22. The van der Waals surface area contributed by atoms with Crippen molar-refractivity contribution in [3.05, 3.63) is 47.3 Å².